The Kier molecular flexibility index (Phi) is 4.37. The van der Waals surface area contributed by atoms with Crippen LogP contribution in [0.25, 0.3) is 10.7 Å². The molecule has 0 aliphatic heterocycles. The smallest absolute Gasteiger partial charge is 0.359 e. The topological polar surface area (TPSA) is 78.1 Å². The Morgan fingerprint density at radius 1 is 1.27 bits per heavy atom. The summed E-state index contributed by atoms with van der Waals surface area (Å²) in [7, 11) is 0. The maximum absolute atomic E-state index is 11.9. The van der Waals surface area contributed by atoms with Gasteiger partial charge in [-0.3, -0.25) is 0 Å². The number of halogens is 2. The Labute approximate surface area is 138 Å². The van der Waals surface area contributed by atoms with E-state index in [1.54, 1.807) is 0 Å². The van der Waals surface area contributed by atoms with E-state index < -0.39 is 5.97 Å². The van der Waals surface area contributed by atoms with Crippen molar-refractivity contribution in [3.8, 4) is 10.7 Å². The molecular formula is C13H7Cl2N3O3S. The summed E-state index contributed by atoms with van der Waals surface area (Å²) < 4.78 is 10.1. The van der Waals surface area contributed by atoms with Crippen LogP contribution in [0.5, 0.6) is 0 Å². The minimum atomic E-state index is -0.719. The molecule has 0 unspecified atom stereocenters. The van der Waals surface area contributed by atoms with Crippen molar-refractivity contribution in [1.29, 1.82) is 0 Å². The molecule has 6 nitrogen and oxygen atoms in total. The van der Waals surface area contributed by atoms with Crippen molar-refractivity contribution in [2.75, 3.05) is 0 Å². The highest BCUT2D eigenvalue weighted by atomic mass is 35.5. The molecule has 0 spiro atoms. The van der Waals surface area contributed by atoms with E-state index in [0.717, 1.165) is 4.88 Å². The number of rotatable bonds is 4. The summed E-state index contributed by atoms with van der Waals surface area (Å²) in [6.07, 6.45) is 0. The molecule has 9 heteroatoms. The van der Waals surface area contributed by atoms with Crippen molar-refractivity contribution < 1.29 is 14.1 Å². The number of pyridine rings is 1. The highest BCUT2D eigenvalue weighted by molar-refractivity contribution is 7.13. The Balaban J connectivity index is 1.67. The summed E-state index contributed by atoms with van der Waals surface area (Å²) in [4.78, 5) is 20.7. The Bertz CT molecular complexity index is 805. The van der Waals surface area contributed by atoms with Crippen LogP contribution in [0.15, 0.2) is 34.2 Å². The lowest BCUT2D eigenvalue weighted by atomic mass is 10.3. The molecule has 0 radical (unpaired) electrons. The zero-order valence-corrected chi connectivity index (χ0v) is 13.2. The van der Waals surface area contributed by atoms with Gasteiger partial charge in [-0.2, -0.15) is 4.98 Å². The van der Waals surface area contributed by atoms with Crippen molar-refractivity contribution in [3.63, 3.8) is 0 Å². The number of carbonyl (C=O) groups is 1. The second-order valence-electron chi connectivity index (χ2n) is 4.03. The maximum Gasteiger partial charge on any atom is 0.359 e. The maximum atomic E-state index is 11.9. The highest BCUT2D eigenvalue weighted by Crippen LogP contribution is 2.22. The molecule has 0 aromatic carbocycles. The van der Waals surface area contributed by atoms with Crippen molar-refractivity contribution in [2.24, 2.45) is 0 Å². The van der Waals surface area contributed by atoms with E-state index in [2.05, 4.69) is 15.1 Å². The Hall–Kier alpha value is -1.96. The summed E-state index contributed by atoms with van der Waals surface area (Å²) in [5, 5.41) is 6.01. The minimum Gasteiger partial charge on any atom is -0.451 e. The second-order valence-corrected chi connectivity index (χ2v) is 5.77. The van der Waals surface area contributed by atoms with Gasteiger partial charge in [-0.05, 0) is 23.6 Å². The summed E-state index contributed by atoms with van der Waals surface area (Å²) >= 11 is 13.1. The molecule has 0 aliphatic rings. The van der Waals surface area contributed by atoms with Crippen LogP contribution in [0, 0.1) is 0 Å². The number of esters is 1. The third-order valence-electron chi connectivity index (χ3n) is 2.54. The molecular weight excluding hydrogens is 349 g/mol. The van der Waals surface area contributed by atoms with E-state index in [0.29, 0.717) is 5.82 Å². The minimum absolute atomic E-state index is 0.0628. The van der Waals surface area contributed by atoms with Gasteiger partial charge in [0.2, 0.25) is 5.82 Å². The van der Waals surface area contributed by atoms with Crippen LogP contribution in [0.4, 0.5) is 0 Å². The van der Waals surface area contributed by atoms with E-state index in [4.69, 9.17) is 32.5 Å². The fraction of sp³-hybridized carbons (Fsp3) is 0.0769. The largest absolute Gasteiger partial charge is 0.451 e. The zero-order valence-electron chi connectivity index (χ0n) is 10.8. The van der Waals surface area contributed by atoms with E-state index in [1.165, 1.54) is 23.5 Å². The average molecular weight is 356 g/mol. The Morgan fingerprint density at radius 2 is 2.14 bits per heavy atom. The average Bonchev–Trinajstić information content (AvgIpc) is 3.17. The molecule has 3 rings (SSSR count). The van der Waals surface area contributed by atoms with Gasteiger partial charge in [-0.1, -0.05) is 34.4 Å². The molecule has 0 saturated carbocycles. The number of ether oxygens (including phenoxy) is 1. The van der Waals surface area contributed by atoms with Crippen LogP contribution in [0.1, 0.15) is 16.4 Å². The fourth-order valence-electron chi connectivity index (χ4n) is 1.58. The monoisotopic (exact) mass is 355 g/mol. The molecule has 0 amide bonds. The van der Waals surface area contributed by atoms with Gasteiger partial charge in [0.05, 0.1) is 9.90 Å². The van der Waals surface area contributed by atoms with Crippen LogP contribution < -0.4 is 0 Å². The van der Waals surface area contributed by atoms with E-state index in [9.17, 15) is 4.79 Å². The van der Waals surface area contributed by atoms with Gasteiger partial charge in [0.15, 0.2) is 12.3 Å². The third-order valence-corrected chi connectivity index (χ3v) is 3.92. The van der Waals surface area contributed by atoms with Crippen LogP contribution in [-0.4, -0.2) is 21.1 Å². The van der Waals surface area contributed by atoms with E-state index in [-0.39, 0.29) is 28.4 Å². The van der Waals surface area contributed by atoms with E-state index >= 15 is 0 Å². The van der Waals surface area contributed by atoms with Gasteiger partial charge in [0.1, 0.15) is 5.15 Å². The molecule has 22 heavy (non-hydrogen) atoms. The normalized spacial score (nSPS) is 10.6. The lowest BCUT2D eigenvalue weighted by Gasteiger charge is -2.03. The first-order chi connectivity index (χ1) is 10.6. The van der Waals surface area contributed by atoms with Crippen LogP contribution in [0.3, 0.4) is 0 Å². The lowest BCUT2D eigenvalue weighted by molar-refractivity contribution is 0.0423. The fourth-order valence-corrected chi connectivity index (χ4v) is 2.56. The quantitative estimate of drug-likeness (QED) is 0.522. The number of nitrogens with zero attached hydrogens (tertiary/aromatic N) is 3. The van der Waals surface area contributed by atoms with Crippen molar-refractivity contribution >= 4 is 40.5 Å². The van der Waals surface area contributed by atoms with Crippen molar-refractivity contribution in [1.82, 2.24) is 15.1 Å². The molecule has 0 fully saturated rings. The van der Waals surface area contributed by atoms with Gasteiger partial charge < -0.3 is 9.26 Å². The van der Waals surface area contributed by atoms with Gasteiger partial charge in [0.25, 0.3) is 5.89 Å². The van der Waals surface area contributed by atoms with Gasteiger partial charge >= 0.3 is 5.97 Å². The molecule has 3 heterocycles. The first-order valence-electron chi connectivity index (χ1n) is 5.99. The Morgan fingerprint density at radius 3 is 2.91 bits per heavy atom. The first-order valence-corrected chi connectivity index (χ1v) is 7.62. The summed E-state index contributed by atoms with van der Waals surface area (Å²) in [6.45, 7) is -0.179. The number of thiophene rings is 1. The summed E-state index contributed by atoms with van der Waals surface area (Å²) in [5.74, 6) is -0.0989. The number of hydrogen-bond donors (Lipinski definition) is 0. The number of aromatic nitrogens is 3. The van der Waals surface area contributed by atoms with Gasteiger partial charge in [-0.15, -0.1) is 11.3 Å². The first kappa shape index (κ1) is 15.0. The summed E-state index contributed by atoms with van der Waals surface area (Å²) in [6, 6.07) is 6.69. The predicted molar refractivity (Wildman–Crippen MR) is 81.0 cm³/mol. The standard InChI is InChI=1S/C13H7Cl2N3O3S/c14-7-3-4-9(15)16-11(7)13(19)20-6-10-17-12(18-21-10)8-2-1-5-22-8/h1-5H,6H2. The molecule has 0 atom stereocenters. The molecule has 0 aliphatic carbocycles. The van der Waals surface area contributed by atoms with Crippen molar-refractivity contribution in [3.05, 3.63) is 51.4 Å². The molecule has 112 valence electrons. The van der Waals surface area contributed by atoms with Crippen molar-refractivity contribution in [2.45, 2.75) is 6.61 Å². The lowest BCUT2D eigenvalue weighted by Crippen LogP contribution is -2.08. The molecule has 3 aromatic rings. The van der Waals surface area contributed by atoms with Crippen LogP contribution in [0.2, 0.25) is 10.2 Å². The summed E-state index contributed by atoms with van der Waals surface area (Å²) in [5.41, 5.74) is -0.0628. The molecule has 0 bridgehead atoms. The number of carbonyl (C=O) groups excluding carboxylic acids is 1. The predicted octanol–water partition coefficient (Wildman–Crippen LogP) is 3.86. The molecule has 0 saturated heterocycles. The highest BCUT2D eigenvalue weighted by Gasteiger charge is 2.17. The third kappa shape index (κ3) is 3.27. The van der Waals surface area contributed by atoms with Gasteiger partial charge in [0, 0.05) is 0 Å². The molecule has 0 N–H and O–H groups in total. The molecule has 3 aromatic heterocycles. The van der Waals surface area contributed by atoms with E-state index in [1.807, 2.05) is 17.5 Å². The zero-order chi connectivity index (χ0) is 15.5. The van der Waals surface area contributed by atoms with Gasteiger partial charge in [-0.25, -0.2) is 9.78 Å². The van der Waals surface area contributed by atoms with Crippen LogP contribution >= 0.6 is 34.5 Å². The SMILES string of the molecule is O=C(OCc1nc(-c2cccs2)no1)c1nc(Cl)ccc1Cl. The van der Waals surface area contributed by atoms with Crippen LogP contribution in [-0.2, 0) is 11.3 Å². The second kappa shape index (κ2) is 6.43. The number of hydrogen-bond acceptors (Lipinski definition) is 7.